The molecule has 0 aliphatic heterocycles. The Morgan fingerprint density at radius 3 is 3.05 bits per heavy atom. The standard InChI is InChI=1S/C18H21NO2S/c1-3-21-15-7-5-4-6-14(15)19-18(20)17-11-13-10-12(2)8-9-16(13)22-17/h4-7,11-12H,3,8-10H2,1-2H3,(H,19,20)/t12-/m0/s1. The highest BCUT2D eigenvalue weighted by atomic mass is 32.1. The van der Waals surface area contributed by atoms with E-state index in [2.05, 4.69) is 18.3 Å². The highest BCUT2D eigenvalue weighted by Gasteiger charge is 2.21. The molecular formula is C18H21NO2S. The van der Waals surface area contributed by atoms with Gasteiger partial charge >= 0.3 is 0 Å². The molecular weight excluding hydrogens is 294 g/mol. The Morgan fingerprint density at radius 2 is 2.23 bits per heavy atom. The molecule has 1 aromatic carbocycles. The quantitative estimate of drug-likeness (QED) is 0.900. The van der Waals surface area contributed by atoms with Crippen molar-refractivity contribution >= 4 is 22.9 Å². The lowest BCUT2D eigenvalue weighted by molar-refractivity contribution is 0.103. The minimum atomic E-state index is -0.0424. The van der Waals surface area contributed by atoms with Crippen molar-refractivity contribution in [3.63, 3.8) is 0 Å². The van der Waals surface area contributed by atoms with Crippen LogP contribution in [0.5, 0.6) is 5.75 Å². The minimum Gasteiger partial charge on any atom is -0.492 e. The van der Waals surface area contributed by atoms with Crippen LogP contribution < -0.4 is 10.1 Å². The first kappa shape index (κ1) is 15.1. The van der Waals surface area contributed by atoms with Crippen molar-refractivity contribution in [2.24, 2.45) is 5.92 Å². The number of carbonyl (C=O) groups excluding carboxylic acids is 1. The number of amides is 1. The molecule has 1 amide bonds. The molecule has 0 bridgehead atoms. The zero-order chi connectivity index (χ0) is 15.5. The first-order valence-electron chi connectivity index (χ1n) is 7.82. The maximum Gasteiger partial charge on any atom is 0.265 e. The highest BCUT2D eigenvalue weighted by Crippen LogP contribution is 2.33. The van der Waals surface area contributed by atoms with Gasteiger partial charge in [-0.3, -0.25) is 4.79 Å². The predicted molar refractivity (Wildman–Crippen MR) is 91.1 cm³/mol. The number of aryl methyl sites for hydroxylation is 1. The number of carbonyl (C=O) groups is 1. The van der Waals surface area contributed by atoms with Crippen molar-refractivity contribution in [1.29, 1.82) is 0 Å². The van der Waals surface area contributed by atoms with Crippen LogP contribution in [0.25, 0.3) is 0 Å². The van der Waals surface area contributed by atoms with Gasteiger partial charge in [0.2, 0.25) is 0 Å². The molecule has 4 heteroatoms. The summed E-state index contributed by atoms with van der Waals surface area (Å²) in [4.78, 5) is 14.7. The molecule has 1 atom stereocenters. The second kappa shape index (κ2) is 6.53. The van der Waals surface area contributed by atoms with Crippen molar-refractivity contribution in [2.45, 2.75) is 33.1 Å². The summed E-state index contributed by atoms with van der Waals surface area (Å²) in [5.41, 5.74) is 2.08. The van der Waals surface area contributed by atoms with Gasteiger partial charge in [-0.1, -0.05) is 19.1 Å². The number of thiophene rings is 1. The van der Waals surface area contributed by atoms with Gasteiger partial charge in [0.15, 0.2) is 0 Å². The van der Waals surface area contributed by atoms with Crippen LogP contribution in [0.2, 0.25) is 0 Å². The lowest BCUT2D eigenvalue weighted by Crippen LogP contribution is -2.11. The van der Waals surface area contributed by atoms with E-state index < -0.39 is 0 Å². The number of fused-ring (bicyclic) bond motifs is 1. The van der Waals surface area contributed by atoms with Crippen molar-refractivity contribution in [3.05, 3.63) is 45.6 Å². The summed E-state index contributed by atoms with van der Waals surface area (Å²) < 4.78 is 5.56. The molecule has 1 heterocycles. The second-order valence-corrected chi connectivity index (χ2v) is 6.93. The Kier molecular flexibility index (Phi) is 4.48. The summed E-state index contributed by atoms with van der Waals surface area (Å²) in [5.74, 6) is 1.39. The topological polar surface area (TPSA) is 38.3 Å². The van der Waals surface area contributed by atoms with Crippen LogP contribution >= 0.6 is 11.3 Å². The van der Waals surface area contributed by atoms with Gasteiger partial charge in [-0.25, -0.2) is 0 Å². The van der Waals surface area contributed by atoms with Crippen LogP contribution in [0.3, 0.4) is 0 Å². The van der Waals surface area contributed by atoms with Crippen LogP contribution in [0, 0.1) is 5.92 Å². The first-order chi connectivity index (χ1) is 10.7. The van der Waals surface area contributed by atoms with Crippen LogP contribution in [0.15, 0.2) is 30.3 Å². The molecule has 1 aliphatic rings. The molecule has 0 saturated carbocycles. The SMILES string of the molecule is CCOc1ccccc1NC(=O)c1cc2c(s1)CC[C@H](C)C2. The van der Waals surface area contributed by atoms with E-state index >= 15 is 0 Å². The van der Waals surface area contributed by atoms with E-state index in [0.717, 1.165) is 29.3 Å². The molecule has 0 spiro atoms. The van der Waals surface area contributed by atoms with Crippen LogP contribution in [0.1, 0.15) is 40.4 Å². The highest BCUT2D eigenvalue weighted by molar-refractivity contribution is 7.14. The Balaban J connectivity index is 1.78. The molecule has 3 nitrogen and oxygen atoms in total. The van der Waals surface area contributed by atoms with E-state index in [1.54, 1.807) is 11.3 Å². The maximum atomic E-state index is 12.5. The van der Waals surface area contributed by atoms with Crippen LogP contribution in [-0.2, 0) is 12.8 Å². The second-order valence-electron chi connectivity index (χ2n) is 5.79. The Hall–Kier alpha value is -1.81. The summed E-state index contributed by atoms with van der Waals surface area (Å²) >= 11 is 1.63. The monoisotopic (exact) mass is 315 g/mol. The molecule has 1 aromatic heterocycles. The van der Waals surface area contributed by atoms with Gasteiger partial charge in [-0.2, -0.15) is 0 Å². The fourth-order valence-corrected chi connectivity index (χ4v) is 3.96. The van der Waals surface area contributed by atoms with Crippen molar-refractivity contribution in [1.82, 2.24) is 0 Å². The van der Waals surface area contributed by atoms with E-state index in [1.165, 1.54) is 16.9 Å². The Morgan fingerprint density at radius 1 is 1.41 bits per heavy atom. The average molecular weight is 315 g/mol. The smallest absolute Gasteiger partial charge is 0.265 e. The number of hydrogen-bond acceptors (Lipinski definition) is 3. The van der Waals surface area contributed by atoms with E-state index in [0.29, 0.717) is 12.4 Å². The molecule has 22 heavy (non-hydrogen) atoms. The third-order valence-electron chi connectivity index (χ3n) is 3.99. The van der Waals surface area contributed by atoms with Gasteiger partial charge in [0.1, 0.15) is 5.75 Å². The minimum absolute atomic E-state index is 0.0424. The Bertz CT molecular complexity index is 677. The molecule has 0 radical (unpaired) electrons. The van der Waals surface area contributed by atoms with Gasteiger partial charge in [0.05, 0.1) is 17.2 Å². The number of rotatable bonds is 4. The first-order valence-corrected chi connectivity index (χ1v) is 8.63. The van der Waals surface area contributed by atoms with E-state index in [1.807, 2.05) is 31.2 Å². The van der Waals surface area contributed by atoms with Crippen LogP contribution in [-0.4, -0.2) is 12.5 Å². The number of para-hydroxylation sites is 2. The number of nitrogens with one attached hydrogen (secondary N) is 1. The lowest BCUT2D eigenvalue weighted by Gasteiger charge is -2.16. The molecule has 1 aliphatic carbocycles. The van der Waals surface area contributed by atoms with Crippen molar-refractivity contribution in [2.75, 3.05) is 11.9 Å². The number of benzene rings is 1. The van der Waals surface area contributed by atoms with Crippen molar-refractivity contribution in [3.8, 4) is 5.75 Å². The van der Waals surface area contributed by atoms with Gasteiger partial charge in [-0.15, -0.1) is 11.3 Å². The normalized spacial score (nSPS) is 16.9. The zero-order valence-electron chi connectivity index (χ0n) is 13.0. The molecule has 3 rings (SSSR count). The van der Waals surface area contributed by atoms with Gasteiger partial charge in [-0.05, 0) is 55.9 Å². The molecule has 0 fully saturated rings. The van der Waals surface area contributed by atoms with Gasteiger partial charge in [0.25, 0.3) is 5.91 Å². The largest absolute Gasteiger partial charge is 0.492 e. The molecule has 2 aromatic rings. The fourth-order valence-electron chi connectivity index (χ4n) is 2.85. The van der Waals surface area contributed by atoms with E-state index in [4.69, 9.17) is 4.74 Å². The molecule has 0 unspecified atom stereocenters. The Labute approximate surface area is 135 Å². The zero-order valence-corrected chi connectivity index (χ0v) is 13.8. The van der Waals surface area contributed by atoms with Gasteiger partial charge in [0, 0.05) is 4.88 Å². The summed E-state index contributed by atoms with van der Waals surface area (Å²) in [6, 6.07) is 9.62. The lowest BCUT2D eigenvalue weighted by atomic mass is 9.90. The third kappa shape index (κ3) is 3.17. The summed E-state index contributed by atoms with van der Waals surface area (Å²) in [5, 5.41) is 2.98. The third-order valence-corrected chi connectivity index (χ3v) is 5.22. The molecule has 0 saturated heterocycles. The van der Waals surface area contributed by atoms with E-state index in [9.17, 15) is 4.79 Å². The maximum absolute atomic E-state index is 12.5. The van der Waals surface area contributed by atoms with E-state index in [-0.39, 0.29) is 5.91 Å². The van der Waals surface area contributed by atoms with Crippen LogP contribution in [0.4, 0.5) is 5.69 Å². The fraction of sp³-hybridized carbons (Fsp3) is 0.389. The summed E-state index contributed by atoms with van der Waals surface area (Å²) in [6.45, 7) is 4.80. The van der Waals surface area contributed by atoms with Gasteiger partial charge < -0.3 is 10.1 Å². The number of hydrogen-bond donors (Lipinski definition) is 1. The summed E-state index contributed by atoms with van der Waals surface area (Å²) in [7, 11) is 0. The predicted octanol–water partition coefficient (Wildman–Crippen LogP) is 4.52. The number of anilines is 1. The number of ether oxygens (including phenoxy) is 1. The molecule has 1 N–H and O–H groups in total. The summed E-state index contributed by atoms with van der Waals surface area (Å²) in [6.07, 6.45) is 3.42. The average Bonchev–Trinajstić information content (AvgIpc) is 2.92. The van der Waals surface area contributed by atoms with Crippen molar-refractivity contribution < 1.29 is 9.53 Å². The molecule has 116 valence electrons.